The fourth-order valence-corrected chi connectivity index (χ4v) is 1.50. The van der Waals surface area contributed by atoms with Crippen molar-refractivity contribution in [2.45, 2.75) is 25.7 Å². The standard InChI is InChI=1S/C11H21N3O/c1-14-9-8-13-11(14)5-7-12-6-3-2-4-10-15/h8-9,12,15H,2-7,10H2,1H3. The topological polar surface area (TPSA) is 50.1 Å². The smallest absolute Gasteiger partial charge is 0.109 e. The van der Waals surface area contributed by atoms with Crippen LogP contribution in [0.15, 0.2) is 12.4 Å². The lowest BCUT2D eigenvalue weighted by Crippen LogP contribution is -2.19. The molecular weight excluding hydrogens is 190 g/mol. The number of aliphatic hydroxyl groups excluding tert-OH is 1. The molecule has 1 rings (SSSR count). The molecule has 4 nitrogen and oxygen atoms in total. The minimum absolute atomic E-state index is 0.313. The van der Waals surface area contributed by atoms with Gasteiger partial charge in [-0.25, -0.2) is 4.98 Å². The Kier molecular flexibility index (Phi) is 6.04. The highest BCUT2D eigenvalue weighted by atomic mass is 16.2. The Labute approximate surface area is 91.3 Å². The van der Waals surface area contributed by atoms with E-state index < -0.39 is 0 Å². The normalized spacial score (nSPS) is 10.8. The van der Waals surface area contributed by atoms with Crippen LogP contribution in [-0.4, -0.2) is 34.4 Å². The van der Waals surface area contributed by atoms with Gasteiger partial charge in [-0.15, -0.1) is 0 Å². The minimum Gasteiger partial charge on any atom is -0.396 e. The predicted molar refractivity (Wildman–Crippen MR) is 60.7 cm³/mol. The van der Waals surface area contributed by atoms with Gasteiger partial charge >= 0.3 is 0 Å². The Balaban J connectivity index is 1.96. The van der Waals surface area contributed by atoms with Crippen molar-refractivity contribution in [2.24, 2.45) is 7.05 Å². The highest BCUT2D eigenvalue weighted by Gasteiger charge is 1.97. The molecule has 0 aliphatic carbocycles. The highest BCUT2D eigenvalue weighted by molar-refractivity contribution is 4.91. The van der Waals surface area contributed by atoms with E-state index in [1.807, 2.05) is 24.0 Å². The highest BCUT2D eigenvalue weighted by Crippen LogP contribution is 1.95. The van der Waals surface area contributed by atoms with Crippen LogP contribution in [0.4, 0.5) is 0 Å². The Morgan fingerprint density at radius 1 is 1.33 bits per heavy atom. The zero-order valence-electron chi connectivity index (χ0n) is 9.45. The number of imidazole rings is 1. The lowest BCUT2D eigenvalue weighted by atomic mass is 10.2. The number of hydrogen-bond donors (Lipinski definition) is 2. The van der Waals surface area contributed by atoms with Crippen LogP contribution >= 0.6 is 0 Å². The van der Waals surface area contributed by atoms with E-state index in [0.717, 1.165) is 44.6 Å². The van der Waals surface area contributed by atoms with Crippen LogP contribution in [0.3, 0.4) is 0 Å². The maximum Gasteiger partial charge on any atom is 0.109 e. The van der Waals surface area contributed by atoms with E-state index in [0.29, 0.717) is 6.61 Å². The molecular formula is C11H21N3O. The minimum atomic E-state index is 0.313. The number of rotatable bonds is 8. The third-order valence-electron chi connectivity index (χ3n) is 2.46. The molecule has 0 aliphatic rings. The molecule has 0 aromatic carbocycles. The predicted octanol–water partition coefficient (Wildman–Crippen LogP) is 0.715. The molecule has 0 saturated carbocycles. The summed E-state index contributed by atoms with van der Waals surface area (Å²) in [6.07, 6.45) is 7.94. The molecule has 0 bridgehead atoms. The Morgan fingerprint density at radius 3 is 2.87 bits per heavy atom. The first-order valence-electron chi connectivity index (χ1n) is 5.62. The van der Waals surface area contributed by atoms with E-state index in [9.17, 15) is 0 Å². The Hall–Kier alpha value is -0.870. The van der Waals surface area contributed by atoms with Crippen LogP contribution in [-0.2, 0) is 13.5 Å². The van der Waals surface area contributed by atoms with Crippen molar-refractivity contribution >= 4 is 0 Å². The summed E-state index contributed by atoms with van der Waals surface area (Å²) in [6, 6.07) is 0. The summed E-state index contributed by atoms with van der Waals surface area (Å²) in [6.45, 7) is 2.32. The van der Waals surface area contributed by atoms with Gasteiger partial charge in [0.2, 0.25) is 0 Å². The van der Waals surface area contributed by atoms with Crippen LogP contribution in [0.25, 0.3) is 0 Å². The first-order chi connectivity index (χ1) is 7.34. The van der Waals surface area contributed by atoms with Gasteiger partial charge in [-0.05, 0) is 25.8 Å². The summed E-state index contributed by atoms with van der Waals surface area (Å²) in [5, 5.41) is 12.0. The van der Waals surface area contributed by atoms with E-state index >= 15 is 0 Å². The number of unbranched alkanes of at least 4 members (excludes halogenated alkanes) is 2. The van der Waals surface area contributed by atoms with Crippen molar-refractivity contribution in [1.29, 1.82) is 0 Å². The average Bonchev–Trinajstić information content (AvgIpc) is 2.63. The van der Waals surface area contributed by atoms with Gasteiger partial charge in [-0.2, -0.15) is 0 Å². The number of aliphatic hydroxyl groups is 1. The van der Waals surface area contributed by atoms with Gasteiger partial charge in [0.25, 0.3) is 0 Å². The van der Waals surface area contributed by atoms with Gasteiger partial charge < -0.3 is 15.0 Å². The second kappa shape index (κ2) is 7.43. The van der Waals surface area contributed by atoms with Gasteiger partial charge in [-0.1, -0.05) is 0 Å². The molecule has 4 heteroatoms. The van der Waals surface area contributed by atoms with E-state index in [2.05, 4.69) is 10.3 Å². The molecule has 0 amide bonds. The zero-order valence-corrected chi connectivity index (χ0v) is 9.45. The second-order valence-corrected chi connectivity index (χ2v) is 3.74. The molecule has 0 aliphatic heterocycles. The molecule has 0 saturated heterocycles. The van der Waals surface area contributed by atoms with E-state index in [-0.39, 0.29) is 0 Å². The number of aromatic nitrogens is 2. The first kappa shape index (κ1) is 12.2. The molecule has 0 fully saturated rings. The monoisotopic (exact) mass is 211 g/mol. The summed E-state index contributed by atoms with van der Waals surface area (Å²) >= 11 is 0. The van der Waals surface area contributed by atoms with Crippen molar-refractivity contribution < 1.29 is 5.11 Å². The Bertz CT molecular complexity index is 260. The van der Waals surface area contributed by atoms with Gasteiger partial charge in [-0.3, -0.25) is 0 Å². The first-order valence-corrected chi connectivity index (χ1v) is 5.62. The maximum atomic E-state index is 8.59. The molecule has 0 spiro atoms. The average molecular weight is 211 g/mol. The van der Waals surface area contributed by atoms with Crippen molar-refractivity contribution in [2.75, 3.05) is 19.7 Å². The largest absolute Gasteiger partial charge is 0.396 e. The summed E-state index contributed by atoms with van der Waals surface area (Å²) in [5.41, 5.74) is 0. The third-order valence-corrected chi connectivity index (χ3v) is 2.46. The van der Waals surface area contributed by atoms with Gasteiger partial charge in [0.15, 0.2) is 0 Å². The van der Waals surface area contributed by atoms with Gasteiger partial charge in [0.05, 0.1) is 0 Å². The van der Waals surface area contributed by atoms with Crippen LogP contribution in [0.5, 0.6) is 0 Å². The van der Waals surface area contributed by atoms with Crippen LogP contribution in [0, 0.1) is 0 Å². The summed E-state index contributed by atoms with van der Waals surface area (Å²) in [4.78, 5) is 4.25. The second-order valence-electron chi connectivity index (χ2n) is 3.74. The van der Waals surface area contributed by atoms with Crippen LogP contribution in [0.2, 0.25) is 0 Å². The SMILES string of the molecule is Cn1ccnc1CCNCCCCCO. The molecule has 0 atom stereocenters. The summed E-state index contributed by atoms with van der Waals surface area (Å²) in [7, 11) is 2.02. The summed E-state index contributed by atoms with van der Waals surface area (Å²) < 4.78 is 2.05. The number of aryl methyl sites for hydroxylation is 1. The molecule has 15 heavy (non-hydrogen) atoms. The van der Waals surface area contributed by atoms with E-state index in [1.165, 1.54) is 0 Å². The van der Waals surface area contributed by atoms with Gasteiger partial charge in [0.1, 0.15) is 5.82 Å². The van der Waals surface area contributed by atoms with E-state index in [1.54, 1.807) is 0 Å². The molecule has 1 heterocycles. The van der Waals surface area contributed by atoms with Crippen LogP contribution in [0.1, 0.15) is 25.1 Å². The fraction of sp³-hybridized carbons (Fsp3) is 0.727. The molecule has 0 radical (unpaired) electrons. The zero-order chi connectivity index (χ0) is 10.9. The quantitative estimate of drug-likeness (QED) is 0.623. The van der Waals surface area contributed by atoms with Crippen LogP contribution < -0.4 is 5.32 Å². The molecule has 0 unspecified atom stereocenters. The van der Waals surface area contributed by atoms with Crippen molar-refractivity contribution in [3.8, 4) is 0 Å². The number of nitrogens with zero attached hydrogens (tertiary/aromatic N) is 2. The number of nitrogens with one attached hydrogen (secondary N) is 1. The summed E-state index contributed by atoms with van der Waals surface area (Å²) in [5.74, 6) is 1.12. The lowest BCUT2D eigenvalue weighted by Gasteiger charge is -2.04. The van der Waals surface area contributed by atoms with Crippen molar-refractivity contribution in [1.82, 2.24) is 14.9 Å². The molecule has 1 aromatic rings. The molecule has 86 valence electrons. The van der Waals surface area contributed by atoms with E-state index in [4.69, 9.17) is 5.11 Å². The third kappa shape index (κ3) is 4.95. The molecule has 1 aromatic heterocycles. The maximum absolute atomic E-state index is 8.59. The Morgan fingerprint density at radius 2 is 2.20 bits per heavy atom. The lowest BCUT2D eigenvalue weighted by molar-refractivity contribution is 0.283. The van der Waals surface area contributed by atoms with Crippen molar-refractivity contribution in [3.63, 3.8) is 0 Å². The van der Waals surface area contributed by atoms with Gasteiger partial charge in [0, 0.05) is 39.0 Å². The number of hydrogen-bond acceptors (Lipinski definition) is 3. The molecule has 2 N–H and O–H groups in total. The van der Waals surface area contributed by atoms with Crippen molar-refractivity contribution in [3.05, 3.63) is 18.2 Å². The fourth-order valence-electron chi connectivity index (χ4n) is 1.50.